The van der Waals surface area contributed by atoms with Crippen LogP contribution in [-0.2, 0) is 0 Å². The third-order valence-electron chi connectivity index (χ3n) is 2.02. The Balaban J connectivity index is 2.40. The van der Waals surface area contributed by atoms with E-state index in [4.69, 9.17) is 11.5 Å². The van der Waals surface area contributed by atoms with Crippen LogP contribution in [0.1, 0.15) is 23.3 Å². The van der Waals surface area contributed by atoms with E-state index in [1.54, 1.807) is 0 Å². The van der Waals surface area contributed by atoms with Gasteiger partial charge >= 0.3 is 12.0 Å². The van der Waals surface area contributed by atoms with E-state index >= 15 is 0 Å². The topological polar surface area (TPSA) is 91.3 Å². The highest BCUT2D eigenvalue weighted by Crippen LogP contribution is 2.05. The lowest BCUT2D eigenvalue weighted by molar-refractivity contribution is 0.0690. The van der Waals surface area contributed by atoms with Crippen molar-refractivity contribution in [3.05, 3.63) is 24.0 Å². The van der Waals surface area contributed by atoms with Crippen molar-refractivity contribution in [3.8, 4) is 12.3 Å². The van der Waals surface area contributed by atoms with Gasteiger partial charge in [0.15, 0.2) is 0 Å². The number of carbonyl (C=O) groups is 2. The van der Waals surface area contributed by atoms with Gasteiger partial charge in [0.1, 0.15) is 5.69 Å². The van der Waals surface area contributed by atoms with Gasteiger partial charge in [0.2, 0.25) is 0 Å². The average molecular weight is 247 g/mol. The summed E-state index contributed by atoms with van der Waals surface area (Å²) in [6.45, 7) is 0.483. The Bertz CT molecular complexity index is 462. The third-order valence-corrected chi connectivity index (χ3v) is 2.02. The standard InChI is InChI=1S/C12H13N3O3/c1-2-3-4-7-13-12(18)15-9-5-6-10(11(16)17)14-8-9/h1,5-6,8H,3-4,7H2,(H,16,17)(H2,13,15,18). The van der Waals surface area contributed by atoms with E-state index in [1.807, 2.05) is 0 Å². The van der Waals surface area contributed by atoms with Crippen LogP contribution in [0.25, 0.3) is 0 Å². The van der Waals surface area contributed by atoms with E-state index in [0.717, 1.165) is 0 Å². The molecule has 0 radical (unpaired) electrons. The molecule has 1 heterocycles. The second-order valence-corrected chi connectivity index (χ2v) is 3.43. The molecule has 18 heavy (non-hydrogen) atoms. The van der Waals surface area contributed by atoms with Gasteiger partial charge in [-0.25, -0.2) is 14.6 Å². The minimum absolute atomic E-state index is 0.0741. The number of carboxylic acids is 1. The zero-order chi connectivity index (χ0) is 13.4. The molecule has 0 aliphatic heterocycles. The number of anilines is 1. The Morgan fingerprint density at radius 2 is 2.22 bits per heavy atom. The number of hydrogen-bond acceptors (Lipinski definition) is 3. The van der Waals surface area contributed by atoms with Crippen molar-refractivity contribution >= 4 is 17.7 Å². The molecule has 0 saturated carbocycles. The van der Waals surface area contributed by atoms with Crippen LogP contribution in [-0.4, -0.2) is 28.6 Å². The van der Waals surface area contributed by atoms with Gasteiger partial charge in [-0.3, -0.25) is 0 Å². The van der Waals surface area contributed by atoms with E-state index in [1.165, 1.54) is 18.3 Å². The number of carbonyl (C=O) groups excluding carboxylic acids is 1. The van der Waals surface area contributed by atoms with Crippen molar-refractivity contribution < 1.29 is 14.7 Å². The van der Waals surface area contributed by atoms with Crippen molar-refractivity contribution in [2.24, 2.45) is 0 Å². The van der Waals surface area contributed by atoms with Crippen molar-refractivity contribution in [3.63, 3.8) is 0 Å². The molecule has 0 aliphatic carbocycles. The van der Waals surface area contributed by atoms with Gasteiger partial charge in [0, 0.05) is 13.0 Å². The molecule has 2 amide bonds. The maximum absolute atomic E-state index is 11.4. The monoisotopic (exact) mass is 247 g/mol. The van der Waals surface area contributed by atoms with Crippen LogP contribution in [0.2, 0.25) is 0 Å². The molecule has 1 rings (SSSR count). The van der Waals surface area contributed by atoms with Gasteiger partial charge in [0.05, 0.1) is 11.9 Å². The molecule has 0 bridgehead atoms. The Morgan fingerprint density at radius 3 is 2.78 bits per heavy atom. The van der Waals surface area contributed by atoms with Gasteiger partial charge in [0.25, 0.3) is 0 Å². The highest BCUT2D eigenvalue weighted by molar-refractivity contribution is 5.90. The summed E-state index contributed by atoms with van der Waals surface area (Å²) in [4.78, 5) is 25.6. The predicted octanol–water partition coefficient (Wildman–Crippen LogP) is 1.31. The fourth-order valence-electron chi connectivity index (χ4n) is 1.16. The summed E-state index contributed by atoms with van der Waals surface area (Å²) < 4.78 is 0. The number of nitrogens with one attached hydrogen (secondary N) is 2. The second kappa shape index (κ2) is 6.91. The molecule has 3 N–H and O–H groups in total. The number of urea groups is 1. The minimum Gasteiger partial charge on any atom is -0.477 e. The number of unbranched alkanes of at least 4 members (excludes halogenated alkanes) is 1. The zero-order valence-electron chi connectivity index (χ0n) is 9.64. The first-order valence-corrected chi connectivity index (χ1v) is 5.31. The maximum Gasteiger partial charge on any atom is 0.354 e. The lowest BCUT2D eigenvalue weighted by Gasteiger charge is -2.06. The highest BCUT2D eigenvalue weighted by Gasteiger charge is 2.05. The van der Waals surface area contributed by atoms with Crippen molar-refractivity contribution in [1.82, 2.24) is 10.3 Å². The normalized spacial score (nSPS) is 9.28. The van der Waals surface area contributed by atoms with E-state index in [9.17, 15) is 9.59 Å². The van der Waals surface area contributed by atoms with E-state index < -0.39 is 5.97 Å². The Hall–Kier alpha value is -2.55. The molecule has 0 aliphatic rings. The maximum atomic E-state index is 11.4. The number of rotatable bonds is 5. The molecule has 94 valence electrons. The summed E-state index contributed by atoms with van der Waals surface area (Å²) in [6.07, 6.45) is 7.67. The number of pyridine rings is 1. The molecule has 0 aromatic carbocycles. The summed E-state index contributed by atoms with van der Waals surface area (Å²) >= 11 is 0. The molecule has 6 nitrogen and oxygen atoms in total. The molecule has 0 atom stereocenters. The molecular formula is C12H13N3O3. The number of hydrogen-bond donors (Lipinski definition) is 3. The highest BCUT2D eigenvalue weighted by atomic mass is 16.4. The Kier molecular flexibility index (Phi) is 5.19. The van der Waals surface area contributed by atoms with E-state index in [-0.39, 0.29) is 11.7 Å². The molecule has 0 spiro atoms. The molecule has 6 heteroatoms. The fourth-order valence-corrected chi connectivity index (χ4v) is 1.16. The van der Waals surface area contributed by atoms with Gasteiger partial charge in [-0.2, -0.15) is 0 Å². The molecule has 0 unspecified atom stereocenters. The largest absolute Gasteiger partial charge is 0.477 e. The molecule has 0 fully saturated rings. The summed E-state index contributed by atoms with van der Waals surface area (Å²) in [5.74, 6) is 1.36. The SMILES string of the molecule is C#CCCCNC(=O)Nc1ccc(C(=O)O)nc1. The van der Waals surface area contributed by atoms with Crippen LogP contribution in [0.3, 0.4) is 0 Å². The number of aromatic nitrogens is 1. The van der Waals surface area contributed by atoms with Crippen molar-refractivity contribution in [1.29, 1.82) is 0 Å². The van der Waals surface area contributed by atoms with Crippen LogP contribution in [0.4, 0.5) is 10.5 Å². The van der Waals surface area contributed by atoms with Crippen LogP contribution in [0, 0.1) is 12.3 Å². The van der Waals surface area contributed by atoms with Crippen LogP contribution >= 0.6 is 0 Å². The van der Waals surface area contributed by atoms with Gasteiger partial charge in [-0.15, -0.1) is 12.3 Å². The van der Waals surface area contributed by atoms with Crippen LogP contribution in [0.15, 0.2) is 18.3 Å². The van der Waals surface area contributed by atoms with Gasteiger partial charge in [-0.1, -0.05) is 0 Å². The zero-order valence-corrected chi connectivity index (χ0v) is 9.64. The van der Waals surface area contributed by atoms with Crippen molar-refractivity contribution in [2.75, 3.05) is 11.9 Å². The summed E-state index contributed by atoms with van der Waals surface area (Å²) in [6, 6.07) is 2.41. The fraction of sp³-hybridized carbons (Fsp3) is 0.250. The third kappa shape index (κ3) is 4.53. The van der Waals surface area contributed by atoms with Gasteiger partial charge in [-0.05, 0) is 18.6 Å². The molecule has 1 aromatic heterocycles. The number of aromatic carboxylic acids is 1. The Labute approximate surface area is 104 Å². The molecular weight excluding hydrogens is 234 g/mol. The van der Waals surface area contributed by atoms with Crippen LogP contribution in [0.5, 0.6) is 0 Å². The first kappa shape index (κ1) is 13.5. The number of nitrogens with zero attached hydrogens (tertiary/aromatic N) is 1. The Morgan fingerprint density at radius 1 is 1.44 bits per heavy atom. The van der Waals surface area contributed by atoms with Crippen LogP contribution < -0.4 is 10.6 Å². The number of terminal acetylenes is 1. The molecule has 0 saturated heterocycles. The number of amides is 2. The predicted molar refractivity (Wildman–Crippen MR) is 66.3 cm³/mol. The second-order valence-electron chi connectivity index (χ2n) is 3.43. The average Bonchev–Trinajstić information content (AvgIpc) is 2.35. The van der Waals surface area contributed by atoms with E-state index in [0.29, 0.717) is 25.1 Å². The lowest BCUT2D eigenvalue weighted by atomic mass is 10.3. The summed E-state index contributed by atoms with van der Waals surface area (Å²) in [5, 5.41) is 13.8. The first-order valence-electron chi connectivity index (χ1n) is 5.31. The summed E-state index contributed by atoms with van der Waals surface area (Å²) in [7, 11) is 0. The number of carboxylic acid groups (broad SMARTS) is 1. The lowest BCUT2D eigenvalue weighted by Crippen LogP contribution is -2.29. The van der Waals surface area contributed by atoms with Gasteiger partial charge < -0.3 is 15.7 Å². The smallest absolute Gasteiger partial charge is 0.354 e. The quantitative estimate of drug-likeness (QED) is 0.540. The summed E-state index contributed by atoms with van der Waals surface area (Å²) in [5.41, 5.74) is 0.351. The molecule has 1 aromatic rings. The van der Waals surface area contributed by atoms with E-state index in [2.05, 4.69) is 21.5 Å². The van der Waals surface area contributed by atoms with Crippen molar-refractivity contribution in [2.45, 2.75) is 12.8 Å². The first-order chi connectivity index (χ1) is 8.63. The minimum atomic E-state index is -1.11.